The van der Waals surface area contributed by atoms with Crippen LogP contribution in [0.5, 0.6) is 0 Å². The molecule has 5 aromatic rings. The van der Waals surface area contributed by atoms with Gasteiger partial charge in [0.1, 0.15) is 4.70 Å². The maximum atomic E-state index is 13.7. The smallest absolute Gasteiger partial charge is 0.275 e. The highest BCUT2D eigenvalue weighted by molar-refractivity contribution is 7.98. The zero-order chi connectivity index (χ0) is 22.8. The molecule has 8 heteroatoms. The van der Waals surface area contributed by atoms with Gasteiger partial charge < -0.3 is 0 Å². The Bertz CT molecular complexity index is 1520. The van der Waals surface area contributed by atoms with E-state index in [9.17, 15) is 4.79 Å². The molecule has 0 fully saturated rings. The summed E-state index contributed by atoms with van der Waals surface area (Å²) < 4.78 is 4.74. The molecule has 0 aliphatic heterocycles. The van der Waals surface area contributed by atoms with Crippen molar-refractivity contribution in [3.05, 3.63) is 105 Å². The second kappa shape index (κ2) is 9.43. The summed E-state index contributed by atoms with van der Waals surface area (Å²) in [5.74, 6) is 0.648. The van der Waals surface area contributed by atoms with Gasteiger partial charge in [-0.2, -0.15) is 0 Å². The van der Waals surface area contributed by atoms with Gasteiger partial charge >= 0.3 is 0 Å². The van der Waals surface area contributed by atoms with Crippen LogP contribution >= 0.6 is 35.3 Å². The Morgan fingerprint density at radius 2 is 1.70 bits per heavy atom. The van der Waals surface area contributed by atoms with Gasteiger partial charge in [0.2, 0.25) is 0 Å². The van der Waals surface area contributed by atoms with E-state index in [1.807, 2.05) is 65.4 Å². The van der Waals surface area contributed by atoms with Crippen molar-refractivity contribution in [1.29, 1.82) is 0 Å². The number of para-hydroxylation sites is 1. The molecule has 3 aromatic heterocycles. The third-order valence-corrected chi connectivity index (χ3v) is 7.65. The Labute approximate surface area is 204 Å². The predicted molar refractivity (Wildman–Crippen MR) is 139 cm³/mol. The van der Waals surface area contributed by atoms with Crippen molar-refractivity contribution in [2.24, 2.45) is 0 Å². The van der Waals surface area contributed by atoms with Crippen molar-refractivity contribution in [3.8, 4) is 11.4 Å². The van der Waals surface area contributed by atoms with Gasteiger partial charge in [-0.3, -0.25) is 18.9 Å². The van der Waals surface area contributed by atoms with Crippen molar-refractivity contribution in [1.82, 2.24) is 19.1 Å². The van der Waals surface area contributed by atoms with Crippen LogP contribution in [0, 0.1) is 3.95 Å². The number of pyridine rings is 1. The van der Waals surface area contributed by atoms with Crippen LogP contribution in [-0.4, -0.2) is 19.1 Å². The number of thiazole rings is 1. The lowest BCUT2D eigenvalue weighted by molar-refractivity contribution is 0.811. The maximum absolute atomic E-state index is 13.7. The number of benzene rings is 2. The monoisotopic (exact) mass is 488 g/mol. The standard InChI is InChI=1S/C25H20N4OS3/c1-2-17-10-12-20(13-11-17)28-22-21(33-25(28)31)23(30)29(19-8-4-3-5-9-19)24(27-22)32-16-18-7-6-14-26-15-18/h3-15H,2,16H2,1H3. The van der Waals surface area contributed by atoms with Crippen LogP contribution in [0.3, 0.4) is 0 Å². The third-order valence-electron chi connectivity index (χ3n) is 5.28. The molecule has 0 saturated heterocycles. The number of hydrogen-bond acceptors (Lipinski definition) is 6. The fourth-order valence-corrected chi connectivity index (χ4v) is 5.82. The van der Waals surface area contributed by atoms with E-state index in [4.69, 9.17) is 17.2 Å². The molecule has 0 bridgehead atoms. The Morgan fingerprint density at radius 1 is 0.939 bits per heavy atom. The summed E-state index contributed by atoms with van der Waals surface area (Å²) in [4.78, 5) is 22.9. The number of aryl methyl sites for hydroxylation is 1. The van der Waals surface area contributed by atoms with E-state index < -0.39 is 0 Å². The van der Waals surface area contributed by atoms with E-state index in [1.54, 1.807) is 10.8 Å². The van der Waals surface area contributed by atoms with E-state index >= 15 is 0 Å². The molecule has 0 radical (unpaired) electrons. The zero-order valence-electron chi connectivity index (χ0n) is 17.8. The molecule has 2 aromatic carbocycles. The summed E-state index contributed by atoms with van der Waals surface area (Å²) in [5.41, 5.74) is 4.49. The van der Waals surface area contributed by atoms with Crippen molar-refractivity contribution >= 4 is 45.7 Å². The number of fused-ring (bicyclic) bond motifs is 1. The summed E-state index contributed by atoms with van der Waals surface area (Å²) >= 11 is 8.50. The molecule has 0 atom stereocenters. The fraction of sp³-hybridized carbons (Fsp3) is 0.120. The highest BCUT2D eigenvalue weighted by Gasteiger charge is 2.19. The van der Waals surface area contributed by atoms with Gasteiger partial charge in [-0.15, -0.1) is 0 Å². The molecule has 33 heavy (non-hydrogen) atoms. The molecule has 0 N–H and O–H groups in total. The summed E-state index contributed by atoms with van der Waals surface area (Å²) in [7, 11) is 0. The average Bonchev–Trinajstić information content (AvgIpc) is 3.20. The third kappa shape index (κ3) is 4.29. The van der Waals surface area contributed by atoms with Crippen molar-refractivity contribution in [2.75, 3.05) is 0 Å². The molecule has 5 rings (SSSR count). The molecule has 0 saturated carbocycles. The predicted octanol–water partition coefficient (Wildman–Crippen LogP) is 6.22. The molecule has 0 unspecified atom stereocenters. The van der Waals surface area contributed by atoms with E-state index in [-0.39, 0.29) is 5.56 Å². The first-order valence-corrected chi connectivity index (χ1v) is 12.7. The number of thioether (sulfide) groups is 1. The van der Waals surface area contributed by atoms with Gasteiger partial charge in [0.05, 0.1) is 5.69 Å². The minimum atomic E-state index is -0.111. The second-order valence-electron chi connectivity index (χ2n) is 7.40. The highest BCUT2D eigenvalue weighted by atomic mass is 32.2. The van der Waals surface area contributed by atoms with Crippen LogP contribution in [0.15, 0.2) is 89.1 Å². The lowest BCUT2D eigenvalue weighted by Crippen LogP contribution is -2.21. The number of rotatable bonds is 6. The quantitative estimate of drug-likeness (QED) is 0.161. The average molecular weight is 489 g/mol. The summed E-state index contributed by atoms with van der Waals surface area (Å²) in [6.07, 6.45) is 4.55. The van der Waals surface area contributed by atoms with Gasteiger partial charge in [-0.25, -0.2) is 4.98 Å². The number of nitrogens with zero attached hydrogens (tertiary/aromatic N) is 4. The number of aromatic nitrogens is 4. The fourth-order valence-electron chi connectivity index (χ4n) is 3.58. The molecular weight excluding hydrogens is 469 g/mol. The molecule has 0 aliphatic carbocycles. The second-order valence-corrected chi connectivity index (χ2v) is 9.98. The van der Waals surface area contributed by atoms with E-state index in [0.29, 0.717) is 25.2 Å². The lowest BCUT2D eigenvalue weighted by atomic mass is 10.1. The van der Waals surface area contributed by atoms with Crippen LogP contribution in [-0.2, 0) is 12.2 Å². The minimum Gasteiger partial charge on any atom is -0.275 e. The minimum absolute atomic E-state index is 0.111. The van der Waals surface area contributed by atoms with Gasteiger partial charge in [0.25, 0.3) is 5.56 Å². The zero-order valence-corrected chi connectivity index (χ0v) is 20.3. The van der Waals surface area contributed by atoms with E-state index in [1.165, 1.54) is 28.7 Å². The largest absolute Gasteiger partial charge is 0.278 e. The van der Waals surface area contributed by atoms with Crippen LogP contribution in [0.2, 0.25) is 0 Å². The van der Waals surface area contributed by atoms with Crippen LogP contribution in [0.1, 0.15) is 18.1 Å². The SMILES string of the molecule is CCc1ccc(-n2c(=S)sc3c(=O)n(-c4ccccc4)c(SCc4cccnc4)nc32)cc1. The molecule has 0 amide bonds. The van der Waals surface area contributed by atoms with E-state index in [0.717, 1.165) is 23.4 Å². The Morgan fingerprint density at radius 3 is 2.39 bits per heavy atom. The maximum Gasteiger partial charge on any atom is 0.278 e. The van der Waals surface area contributed by atoms with E-state index in [2.05, 4.69) is 24.0 Å². The van der Waals surface area contributed by atoms with Gasteiger partial charge in [-0.1, -0.05) is 66.4 Å². The summed E-state index contributed by atoms with van der Waals surface area (Å²) in [6, 6.07) is 21.8. The topological polar surface area (TPSA) is 52.7 Å². The van der Waals surface area contributed by atoms with Crippen molar-refractivity contribution in [3.63, 3.8) is 0 Å². The Hall–Kier alpha value is -3.07. The molecule has 0 spiro atoms. The first-order chi connectivity index (χ1) is 16.2. The molecular formula is C25H20N4OS3. The normalized spacial score (nSPS) is 11.2. The Balaban J connectivity index is 1.71. The summed E-state index contributed by atoms with van der Waals surface area (Å²) in [5, 5.41) is 0.620. The van der Waals surface area contributed by atoms with Crippen molar-refractivity contribution < 1.29 is 0 Å². The summed E-state index contributed by atoms with van der Waals surface area (Å²) in [6.45, 7) is 2.13. The molecule has 0 aliphatic rings. The first-order valence-electron chi connectivity index (χ1n) is 10.5. The Kier molecular flexibility index (Phi) is 6.22. The van der Waals surface area contributed by atoms with Gasteiger partial charge in [0.15, 0.2) is 14.8 Å². The molecule has 164 valence electrons. The highest BCUT2D eigenvalue weighted by Crippen LogP contribution is 2.29. The molecule has 3 heterocycles. The van der Waals surface area contributed by atoms with Gasteiger partial charge in [-0.05, 0) is 60.1 Å². The van der Waals surface area contributed by atoms with Crippen LogP contribution < -0.4 is 5.56 Å². The van der Waals surface area contributed by atoms with Crippen molar-refractivity contribution in [2.45, 2.75) is 24.3 Å². The molecule has 5 nitrogen and oxygen atoms in total. The van der Waals surface area contributed by atoms with Crippen LogP contribution in [0.4, 0.5) is 0 Å². The first kappa shape index (κ1) is 21.8. The number of hydrogen-bond donors (Lipinski definition) is 0. The van der Waals surface area contributed by atoms with Gasteiger partial charge in [0, 0.05) is 23.8 Å². The van der Waals surface area contributed by atoms with Crippen LogP contribution in [0.25, 0.3) is 21.7 Å². The lowest BCUT2D eigenvalue weighted by Gasteiger charge is -2.13.